The number of fused-ring (bicyclic) bond motifs is 1. The minimum atomic E-state index is -0.997. The van der Waals surface area contributed by atoms with Crippen molar-refractivity contribution in [1.29, 1.82) is 0 Å². The topological polar surface area (TPSA) is 38.0 Å². The van der Waals surface area contributed by atoms with Crippen LogP contribution in [0.3, 0.4) is 0 Å². The van der Waals surface area contributed by atoms with Crippen LogP contribution in [0.1, 0.15) is 16.7 Å². The average molecular weight is 304 g/mol. The monoisotopic (exact) mass is 304 g/mol. The lowest BCUT2D eigenvalue weighted by atomic mass is 10.1. The molecule has 0 unspecified atom stereocenters. The van der Waals surface area contributed by atoms with Gasteiger partial charge in [0.25, 0.3) is 0 Å². The minimum Gasteiger partial charge on any atom is -0.389 e. The highest BCUT2D eigenvalue weighted by atomic mass is 32.1. The van der Waals surface area contributed by atoms with E-state index in [9.17, 15) is 8.78 Å². The van der Waals surface area contributed by atoms with Gasteiger partial charge in [0.15, 0.2) is 11.6 Å². The second-order valence-electron chi connectivity index (χ2n) is 5.17. The summed E-state index contributed by atoms with van der Waals surface area (Å²) in [6, 6.07) is 11.0. The van der Waals surface area contributed by atoms with Crippen molar-refractivity contribution in [2.75, 3.05) is 5.32 Å². The van der Waals surface area contributed by atoms with Gasteiger partial charge in [-0.2, -0.15) is 0 Å². The molecule has 21 heavy (non-hydrogen) atoms. The van der Waals surface area contributed by atoms with E-state index in [-0.39, 0.29) is 22.3 Å². The number of benzene rings is 2. The number of hydrogen-bond donors (Lipinski definition) is 2. The number of anilines is 1. The molecule has 0 atom stereocenters. The Hall–Kier alpha value is -2.01. The van der Waals surface area contributed by atoms with Crippen LogP contribution in [-0.4, -0.2) is 11.0 Å². The molecule has 1 aliphatic carbocycles. The van der Waals surface area contributed by atoms with Crippen molar-refractivity contribution in [3.05, 3.63) is 64.7 Å². The Morgan fingerprint density at radius 1 is 1.05 bits per heavy atom. The fourth-order valence-electron chi connectivity index (χ4n) is 2.73. The van der Waals surface area contributed by atoms with Gasteiger partial charge in [0.05, 0.1) is 5.69 Å². The van der Waals surface area contributed by atoms with Crippen molar-refractivity contribution in [1.82, 2.24) is 0 Å². The molecular formula is C16H14F2N2S. The molecule has 2 aromatic rings. The molecular weight excluding hydrogens is 290 g/mol. The van der Waals surface area contributed by atoms with Crippen molar-refractivity contribution in [3.8, 4) is 0 Å². The number of halogens is 2. The summed E-state index contributed by atoms with van der Waals surface area (Å²) < 4.78 is 27.9. The van der Waals surface area contributed by atoms with E-state index in [4.69, 9.17) is 18.0 Å². The third kappa shape index (κ3) is 2.61. The normalized spacial score (nSPS) is 14.0. The standard InChI is InChI=1S/C16H14F2N2S/c17-14-12(16(19)21)5-6-13(15(14)18)20-11-7-9-3-1-2-4-10(9)8-11/h1-6,11,20H,7-8H2,(H2,19,21). The van der Waals surface area contributed by atoms with Crippen LogP contribution in [0.5, 0.6) is 0 Å². The van der Waals surface area contributed by atoms with Crippen LogP contribution < -0.4 is 11.1 Å². The average Bonchev–Trinajstić information content (AvgIpc) is 2.86. The molecule has 108 valence electrons. The van der Waals surface area contributed by atoms with Gasteiger partial charge in [-0.1, -0.05) is 36.5 Å². The molecule has 3 rings (SSSR count). The van der Waals surface area contributed by atoms with Crippen molar-refractivity contribution in [3.63, 3.8) is 0 Å². The highest BCUT2D eigenvalue weighted by molar-refractivity contribution is 7.80. The van der Waals surface area contributed by atoms with E-state index in [1.807, 2.05) is 12.1 Å². The molecule has 1 aliphatic rings. The Balaban J connectivity index is 1.81. The van der Waals surface area contributed by atoms with Crippen LogP contribution in [0.2, 0.25) is 0 Å². The Morgan fingerprint density at radius 2 is 1.67 bits per heavy atom. The molecule has 2 aromatic carbocycles. The fourth-order valence-corrected chi connectivity index (χ4v) is 2.89. The SMILES string of the molecule is NC(=S)c1ccc(NC2Cc3ccccc3C2)c(F)c1F. The molecule has 2 nitrogen and oxygen atoms in total. The first kappa shape index (κ1) is 13.9. The summed E-state index contributed by atoms with van der Waals surface area (Å²) in [4.78, 5) is -0.147. The van der Waals surface area contributed by atoms with Gasteiger partial charge in [0.2, 0.25) is 0 Å². The van der Waals surface area contributed by atoms with Gasteiger partial charge < -0.3 is 11.1 Å². The summed E-state index contributed by atoms with van der Waals surface area (Å²) in [5.74, 6) is -1.93. The first-order chi connectivity index (χ1) is 10.1. The van der Waals surface area contributed by atoms with E-state index >= 15 is 0 Å². The Bertz CT molecular complexity index is 690. The highest BCUT2D eigenvalue weighted by Crippen LogP contribution is 2.27. The molecule has 0 aromatic heterocycles. The van der Waals surface area contributed by atoms with Crippen molar-refractivity contribution >= 4 is 22.9 Å². The predicted molar refractivity (Wildman–Crippen MR) is 83.5 cm³/mol. The lowest BCUT2D eigenvalue weighted by molar-refractivity contribution is 0.508. The molecule has 0 heterocycles. The minimum absolute atomic E-state index is 0.0620. The lowest BCUT2D eigenvalue weighted by Crippen LogP contribution is -2.21. The number of rotatable bonds is 3. The van der Waals surface area contributed by atoms with Gasteiger partial charge in [-0.25, -0.2) is 8.78 Å². The summed E-state index contributed by atoms with van der Waals surface area (Å²) in [7, 11) is 0. The summed E-state index contributed by atoms with van der Waals surface area (Å²) in [6.45, 7) is 0. The number of hydrogen-bond acceptors (Lipinski definition) is 2. The number of thiocarbonyl (C=S) groups is 1. The third-order valence-electron chi connectivity index (χ3n) is 3.76. The van der Waals surface area contributed by atoms with Crippen LogP contribution in [-0.2, 0) is 12.8 Å². The Morgan fingerprint density at radius 3 is 2.24 bits per heavy atom. The molecule has 0 aliphatic heterocycles. The maximum atomic E-state index is 14.1. The molecule has 0 amide bonds. The molecule has 0 fully saturated rings. The molecule has 3 N–H and O–H groups in total. The van der Waals surface area contributed by atoms with Crippen LogP contribution in [0, 0.1) is 11.6 Å². The largest absolute Gasteiger partial charge is 0.389 e. The summed E-state index contributed by atoms with van der Waals surface area (Å²) in [5, 5.41) is 3.06. The van der Waals surface area contributed by atoms with Gasteiger partial charge in [-0.3, -0.25) is 0 Å². The molecule has 0 saturated heterocycles. The van der Waals surface area contributed by atoms with Crippen LogP contribution >= 0.6 is 12.2 Å². The first-order valence-corrected chi connectivity index (χ1v) is 7.08. The Labute approximate surface area is 127 Å². The molecule has 0 spiro atoms. The van der Waals surface area contributed by atoms with Crippen LogP contribution in [0.25, 0.3) is 0 Å². The van der Waals surface area contributed by atoms with Crippen molar-refractivity contribution in [2.24, 2.45) is 5.73 Å². The van der Waals surface area contributed by atoms with Crippen LogP contribution in [0.4, 0.5) is 14.5 Å². The fraction of sp³-hybridized carbons (Fsp3) is 0.188. The number of nitrogens with one attached hydrogen (secondary N) is 1. The van der Waals surface area contributed by atoms with Crippen LogP contribution in [0.15, 0.2) is 36.4 Å². The van der Waals surface area contributed by atoms with E-state index in [0.29, 0.717) is 0 Å². The quantitative estimate of drug-likeness (QED) is 0.855. The van der Waals surface area contributed by atoms with E-state index in [1.54, 1.807) is 0 Å². The van der Waals surface area contributed by atoms with Crippen molar-refractivity contribution in [2.45, 2.75) is 18.9 Å². The molecule has 0 bridgehead atoms. The smallest absolute Gasteiger partial charge is 0.182 e. The third-order valence-corrected chi connectivity index (χ3v) is 3.98. The summed E-state index contributed by atoms with van der Waals surface area (Å²) >= 11 is 4.69. The van der Waals surface area contributed by atoms with Gasteiger partial charge in [0.1, 0.15) is 4.99 Å². The summed E-state index contributed by atoms with van der Waals surface area (Å²) in [5.41, 5.74) is 7.93. The number of nitrogens with two attached hydrogens (primary N) is 1. The maximum absolute atomic E-state index is 14.1. The lowest BCUT2D eigenvalue weighted by Gasteiger charge is -2.15. The zero-order valence-corrected chi connectivity index (χ0v) is 12.0. The zero-order valence-electron chi connectivity index (χ0n) is 11.2. The van der Waals surface area contributed by atoms with E-state index < -0.39 is 11.6 Å². The maximum Gasteiger partial charge on any atom is 0.182 e. The predicted octanol–water partition coefficient (Wildman–Crippen LogP) is 3.18. The van der Waals surface area contributed by atoms with E-state index in [1.165, 1.54) is 23.3 Å². The molecule has 0 saturated carbocycles. The summed E-state index contributed by atoms with van der Waals surface area (Å²) in [6.07, 6.45) is 1.60. The second kappa shape index (κ2) is 5.41. The highest BCUT2D eigenvalue weighted by Gasteiger charge is 2.23. The van der Waals surface area contributed by atoms with E-state index in [2.05, 4.69) is 17.4 Å². The van der Waals surface area contributed by atoms with Gasteiger partial charge in [-0.15, -0.1) is 0 Å². The van der Waals surface area contributed by atoms with Gasteiger partial charge in [0, 0.05) is 11.6 Å². The Kier molecular flexibility index (Phi) is 3.59. The van der Waals surface area contributed by atoms with Gasteiger partial charge >= 0.3 is 0 Å². The molecule has 0 radical (unpaired) electrons. The first-order valence-electron chi connectivity index (χ1n) is 6.67. The second-order valence-corrected chi connectivity index (χ2v) is 5.61. The zero-order chi connectivity index (χ0) is 15.0. The molecule has 5 heteroatoms. The van der Waals surface area contributed by atoms with Gasteiger partial charge in [-0.05, 0) is 36.1 Å². The van der Waals surface area contributed by atoms with E-state index in [0.717, 1.165) is 12.8 Å². The van der Waals surface area contributed by atoms with Crippen molar-refractivity contribution < 1.29 is 8.78 Å².